The smallest absolute Gasteiger partial charge is 0.216 e. The van der Waals surface area contributed by atoms with E-state index in [0.29, 0.717) is 30.1 Å². The Labute approximate surface area is 172 Å². The van der Waals surface area contributed by atoms with Crippen LogP contribution in [0.2, 0.25) is 0 Å². The number of rotatable bonds is 9. The minimum absolute atomic E-state index is 0.461. The van der Waals surface area contributed by atoms with Gasteiger partial charge in [-0.05, 0) is 18.1 Å². The zero-order chi connectivity index (χ0) is 20.5. The minimum Gasteiger partial charge on any atom is -0.461 e. The lowest BCUT2D eigenvalue weighted by atomic mass is 9.92. The summed E-state index contributed by atoms with van der Waals surface area (Å²) in [5.74, 6) is 3.32. The second-order valence-corrected chi connectivity index (χ2v) is 7.18. The molecule has 0 aliphatic carbocycles. The third-order valence-corrected chi connectivity index (χ3v) is 5.51. The van der Waals surface area contributed by atoms with Gasteiger partial charge in [0.15, 0.2) is 11.7 Å². The first-order chi connectivity index (χ1) is 14.2. The van der Waals surface area contributed by atoms with E-state index in [1.165, 1.54) is 12.8 Å². The number of hydrogen-bond acceptors (Lipinski definition) is 6. The average Bonchev–Trinajstić information content (AvgIpc) is 3.45. The van der Waals surface area contributed by atoms with E-state index in [-0.39, 0.29) is 0 Å². The molecular weight excluding hydrogens is 370 g/mol. The molecule has 0 spiro atoms. The monoisotopic (exact) mass is 403 g/mol. The second-order valence-electron chi connectivity index (χ2n) is 7.18. The molecule has 1 atom stereocenters. The van der Waals surface area contributed by atoms with E-state index in [1.54, 1.807) is 13.3 Å². The Kier molecular flexibility index (Phi) is 8.06. The molecule has 160 valence electrons. The molecule has 0 saturated carbocycles. The number of morpholine rings is 1. The summed E-state index contributed by atoms with van der Waals surface area (Å²) in [7, 11) is 1.78. The maximum atomic E-state index is 5.54. The van der Waals surface area contributed by atoms with Gasteiger partial charge in [-0.15, -0.1) is 5.10 Å². The average molecular weight is 404 g/mol. The van der Waals surface area contributed by atoms with Crippen LogP contribution in [0.3, 0.4) is 0 Å². The molecule has 1 aliphatic rings. The largest absolute Gasteiger partial charge is 0.461 e. The molecule has 9 nitrogen and oxygen atoms in total. The number of nitrogens with one attached hydrogen (secondary N) is 3. The van der Waals surface area contributed by atoms with Gasteiger partial charge in [0.25, 0.3) is 0 Å². The van der Waals surface area contributed by atoms with Crippen molar-refractivity contribution in [3.63, 3.8) is 0 Å². The van der Waals surface area contributed by atoms with E-state index in [9.17, 15) is 0 Å². The molecular formula is C20H33N7O2. The van der Waals surface area contributed by atoms with Crippen LogP contribution in [-0.4, -0.2) is 72.0 Å². The topological polar surface area (TPSA) is 104 Å². The quantitative estimate of drug-likeness (QED) is 0.434. The number of aromatic amines is 1. The van der Waals surface area contributed by atoms with Crippen LogP contribution in [0.1, 0.15) is 32.5 Å². The van der Waals surface area contributed by atoms with Crippen LogP contribution >= 0.6 is 0 Å². The van der Waals surface area contributed by atoms with Crippen molar-refractivity contribution in [2.24, 2.45) is 10.9 Å². The molecule has 0 bridgehead atoms. The number of ether oxygens (including phenoxy) is 1. The van der Waals surface area contributed by atoms with Crippen LogP contribution in [0, 0.1) is 5.92 Å². The van der Waals surface area contributed by atoms with E-state index in [0.717, 1.165) is 44.6 Å². The molecule has 9 heteroatoms. The van der Waals surface area contributed by atoms with Crippen molar-refractivity contribution >= 4 is 5.96 Å². The summed E-state index contributed by atoms with van der Waals surface area (Å²) in [4.78, 5) is 11.4. The van der Waals surface area contributed by atoms with Crippen molar-refractivity contribution in [2.45, 2.75) is 39.3 Å². The molecule has 29 heavy (non-hydrogen) atoms. The number of nitrogens with zero attached hydrogens (tertiary/aromatic N) is 4. The molecule has 3 rings (SSSR count). The highest BCUT2D eigenvalue weighted by molar-refractivity contribution is 5.79. The first kappa shape index (κ1) is 21.3. The van der Waals surface area contributed by atoms with E-state index in [2.05, 4.69) is 49.6 Å². The predicted molar refractivity (Wildman–Crippen MR) is 113 cm³/mol. The van der Waals surface area contributed by atoms with Gasteiger partial charge in [-0.2, -0.15) is 0 Å². The first-order valence-electron chi connectivity index (χ1n) is 10.5. The Balaban J connectivity index is 1.54. The molecule has 0 radical (unpaired) electrons. The van der Waals surface area contributed by atoms with Crippen molar-refractivity contribution < 1.29 is 9.15 Å². The number of guanidine groups is 1. The molecule has 2 aromatic heterocycles. The van der Waals surface area contributed by atoms with E-state index in [4.69, 9.17) is 9.15 Å². The van der Waals surface area contributed by atoms with Gasteiger partial charge < -0.3 is 19.8 Å². The van der Waals surface area contributed by atoms with Gasteiger partial charge in [0.1, 0.15) is 5.82 Å². The molecule has 1 fully saturated rings. The SMILES string of the molecule is CCC(CC)C(CNC(=NC)NCc1nc(-c2ccco2)n[nH]1)N1CCOCC1. The summed E-state index contributed by atoms with van der Waals surface area (Å²) in [6, 6.07) is 4.12. The van der Waals surface area contributed by atoms with Gasteiger partial charge in [-0.3, -0.25) is 15.0 Å². The summed E-state index contributed by atoms with van der Waals surface area (Å²) in [5, 5.41) is 13.9. The lowest BCUT2D eigenvalue weighted by Gasteiger charge is -2.39. The Hall–Kier alpha value is -2.39. The number of aromatic nitrogens is 3. The third-order valence-electron chi connectivity index (χ3n) is 5.51. The molecule has 1 saturated heterocycles. The maximum absolute atomic E-state index is 5.54. The van der Waals surface area contributed by atoms with E-state index in [1.807, 2.05) is 12.1 Å². The van der Waals surface area contributed by atoms with Gasteiger partial charge in [-0.25, -0.2) is 4.98 Å². The highest BCUT2D eigenvalue weighted by Gasteiger charge is 2.27. The van der Waals surface area contributed by atoms with Gasteiger partial charge in [0.2, 0.25) is 5.82 Å². The fraction of sp³-hybridized carbons (Fsp3) is 0.650. The molecule has 1 unspecified atom stereocenters. The van der Waals surface area contributed by atoms with Crippen LogP contribution in [0.4, 0.5) is 0 Å². The van der Waals surface area contributed by atoms with Crippen molar-refractivity contribution in [2.75, 3.05) is 39.9 Å². The molecule has 0 aromatic carbocycles. The molecule has 3 heterocycles. The number of furan rings is 1. The highest BCUT2D eigenvalue weighted by atomic mass is 16.5. The Morgan fingerprint density at radius 1 is 1.28 bits per heavy atom. The number of H-pyrrole nitrogens is 1. The van der Waals surface area contributed by atoms with Crippen LogP contribution in [0.25, 0.3) is 11.6 Å². The summed E-state index contributed by atoms with van der Waals surface area (Å²) in [6.45, 7) is 9.50. The van der Waals surface area contributed by atoms with Gasteiger partial charge in [-0.1, -0.05) is 26.7 Å². The molecule has 2 aromatic rings. The van der Waals surface area contributed by atoms with Gasteiger partial charge in [0, 0.05) is 32.7 Å². The third kappa shape index (κ3) is 5.80. The summed E-state index contributed by atoms with van der Waals surface area (Å²) in [5.41, 5.74) is 0. The van der Waals surface area contributed by atoms with Crippen molar-refractivity contribution in [3.8, 4) is 11.6 Å². The summed E-state index contributed by atoms with van der Waals surface area (Å²) in [6.07, 6.45) is 3.94. The second kappa shape index (κ2) is 11.0. The van der Waals surface area contributed by atoms with Gasteiger partial charge >= 0.3 is 0 Å². The standard InChI is InChI=1S/C20H33N7O2/c1-4-15(5-2)16(27-8-11-28-12-9-27)13-22-20(21-3)23-14-18-24-19(26-25-18)17-7-6-10-29-17/h6-7,10,15-16H,4-5,8-9,11-14H2,1-3H3,(H2,21,22,23)(H,24,25,26). The Morgan fingerprint density at radius 2 is 2.07 bits per heavy atom. The van der Waals surface area contributed by atoms with Crippen molar-refractivity contribution in [1.82, 2.24) is 30.7 Å². The summed E-state index contributed by atoms with van der Waals surface area (Å²) >= 11 is 0. The normalized spacial score (nSPS) is 16.9. The highest BCUT2D eigenvalue weighted by Crippen LogP contribution is 2.19. The summed E-state index contributed by atoms with van der Waals surface area (Å²) < 4.78 is 10.9. The molecule has 1 aliphatic heterocycles. The minimum atomic E-state index is 0.461. The zero-order valence-electron chi connectivity index (χ0n) is 17.6. The Morgan fingerprint density at radius 3 is 2.72 bits per heavy atom. The fourth-order valence-electron chi connectivity index (χ4n) is 3.82. The first-order valence-corrected chi connectivity index (χ1v) is 10.5. The predicted octanol–water partition coefficient (Wildman–Crippen LogP) is 1.87. The lowest BCUT2D eigenvalue weighted by molar-refractivity contribution is 0.00272. The lowest BCUT2D eigenvalue weighted by Crippen LogP contribution is -2.53. The molecule has 3 N–H and O–H groups in total. The Bertz CT molecular complexity index is 734. The number of hydrogen-bond donors (Lipinski definition) is 3. The molecule has 0 amide bonds. The van der Waals surface area contributed by atoms with Crippen LogP contribution < -0.4 is 10.6 Å². The maximum Gasteiger partial charge on any atom is 0.216 e. The number of aliphatic imine (C=N–C) groups is 1. The van der Waals surface area contributed by atoms with Gasteiger partial charge in [0.05, 0.1) is 26.0 Å². The van der Waals surface area contributed by atoms with Crippen molar-refractivity contribution in [3.05, 3.63) is 24.2 Å². The van der Waals surface area contributed by atoms with E-state index >= 15 is 0 Å². The fourth-order valence-corrected chi connectivity index (χ4v) is 3.82. The van der Waals surface area contributed by atoms with Crippen LogP contribution in [0.5, 0.6) is 0 Å². The van der Waals surface area contributed by atoms with Crippen LogP contribution in [-0.2, 0) is 11.3 Å². The zero-order valence-corrected chi connectivity index (χ0v) is 17.6. The van der Waals surface area contributed by atoms with E-state index < -0.39 is 0 Å². The van der Waals surface area contributed by atoms with Crippen LogP contribution in [0.15, 0.2) is 27.8 Å². The van der Waals surface area contributed by atoms with Crippen molar-refractivity contribution in [1.29, 1.82) is 0 Å².